The molecule has 6 nitrogen and oxygen atoms in total. The molecule has 0 spiro atoms. The van der Waals surface area contributed by atoms with Crippen LogP contribution in [0.4, 0.5) is 0 Å². The van der Waals surface area contributed by atoms with Crippen LogP contribution in [0.25, 0.3) is 254 Å². The van der Waals surface area contributed by atoms with Crippen LogP contribution in [0.1, 0.15) is 0 Å². The van der Waals surface area contributed by atoms with Gasteiger partial charge in [-0.2, -0.15) is 0 Å². The Morgan fingerprint density at radius 3 is 0.507 bits per heavy atom. The zero-order chi connectivity index (χ0) is 95.1. The van der Waals surface area contributed by atoms with Crippen molar-refractivity contribution in [1.82, 2.24) is 27.4 Å². The monoisotopic (exact) mass is 1830 g/mol. The van der Waals surface area contributed by atoms with Crippen molar-refractivity contribution < 1.29 is 0 Å². The lowest BCUT2D eigenvalue weighted by atomic mass is 9.98. The first-order chi connectivity index (χ1) is 71.4. The van der Waals surface area contributed by atoms with Crippen LogP contribution in [-0.2, 0) is 0 Å². The third kappa shape index (κ3) is 14.8. The van der Waals surface area contributed by atoms with Crippen LogP contribution in [0, 0.1) is 0 Å². The Hall–Kier alpha value is -19.1. The number of nitrogens with zero attached hydrogens (tertiary/aromatic N) is 6. The van der Waals surface area contributed by atoms with Crippen LogP contribution in [0.5, 0.6) is 0 Å². The number of hydrogen-bond acceptors (Lipinski definition) is 0. The fourth-order valence-electron chi connectivity index (χ4n) is 22.4. The lowest BCUT2D eigenvalue weighted by Gasteiger charge is -2.14. The summed E-state index contributed by atoms with van der Waals surface area (Å²) in [7, 11) is 0. The topological polar surface area (TPSA) is 29.6 Å². The standard InChI is InChI=1S/2C48H32N2.C42H28N2/c1-3-13-33(14-4-1)37-29-38(34-15-5-2-6-16-34)31-40(30-37)50-47-22-12-9-19-43(47)44-32-36(25-28-48(44)50)35-23-26-39(27-24-35)49-45-20-10-7-17-41(45)42-18-8-11-21-46(42)49;1-3-12-33(13-4-1)36-14-11-17-40(30-36)50-46-21-10-8-19-42(46)44-32-38(27-29-48(44)50)35-24-22-34(23-25-35)37-26-28-47-43(31-37)41-18-7-9-20-45(41)49(47)39-15-5-2-6-16-39;1-3-11-33(12-4-1)43-39-17-9-7-15-35(39)37-27-31(23-25-41(37)43)29-19-21-30(22-20-29)32-24-26-42-38(28-32)36-16-8-10-18-40(36)44(42)34-13-5-2-6-14-34/h2*1-32H;1-28H. The minimum absolute atomic E-state index is 1.15. The molecule has 0 atom stereocenters. The number of para-hydroxylation sites is 10. The molecular formula is C138H92N6. The summed E-state index contributed by atoms with van der Waals surface area (Å²) in [5.41, 5.74) is 41.0. The van der Waals surface area contributed by atoms with Gasteiger partial charge in [-0.05, 0) is 271 Å². The summed E-state index contributed by atoms with van der Waals surface area (Å²) in [6.07, 6.45) is 0. The van der Waals surface area contributed by atoms with Gasteiger partial charge in [-0.15, -0.1) is 0 Å². The molecule has 0 aliphatic heterocycles. The molecule has 0 radical (unpaired) electrons. The maximum absolute atomic E-state index is 2.43. The second-order valence-corrected chi connectivity index (χ2v) is 37.4. The molecule has 29 aromatic rings. The Bertz CT molecular complexity index is 9670. The van der Waals surface area contributed by atoms with E-state index in [-0.39, 0.29) is 0 Å². The van der Waals surface area contributed by atoms with Crippen molar-refractivity contribution in [1.29, 1.82) is 0 Å². The van der Waals surface area contributed by atoms with Crippen LogP contribution in [-0.4, -0.2) is 27.4 Å². The van der Waals surface area contributed by atoms with Gasteiger partial charge in [0.15, 0.2) is 0 Å². The fraction of sp³-hybridized carbons (Fsp3) is 0. The highest BCUT2D eigenvalue weighted by atomic mass is 15.0. The summed E-state index contributed by atoms with van der Waals surface area (Å²) in [6.45, 7) is 0. The van der Waals surface area contributed by atoms with E-state index in [4.69, 9.17) is 0 Å². The summed E-state index contributed by atoms with van der Waals surface area (Å²) in [6, 6.07) is 202. The van der Waals surface area contributed by atoms with E-state index in [9.17, 15) is 0 Å². The van der Waals surface area contributed by atoms with E-state index < -0.39 is 0 Å². The summed E-state index contributed by atoms with van der Waals surface area (Å²) in [5.74, 6) is 0. The second kappa shape index (κ2) is 35.7. The Labute approximate surface area is 833 Å². The average Bonchev–Trinajstić information content (AvgIpc) is 1.61. The third-order valence-electron chi connectivity index (χ3n) is 29.1. The minimum atomic E-state index is 1.15. The summed E-state index contributed by atoms with van der Waals surface area (Å²) < 4.78 is 14.3. The molecule has 144 heavy (non-hydrogen) atoms. The molecule has 0 N–H and O–H groups in total. The molecule has 0 saturated heterocycles. The molecule has 0 saturated carbocycles. The molecule has 0 unspecified atom stereocenters. The zero-order valence-electron chi connectivity index (χ0n) is 78.8. The maximum Gasteiger partial charge on any atom is 0.0541 e. The molecule has 6 heteroatoms. The molecule has 0 aliphatic carbocycles. The van der Waals surface area contributed by atoms with Crippen molar-refractivity contribution in [2.24, 2.45) is 0 Å². The van der Waals surface area contributed by atoms with E-state index in [1.165, 1.54) is 243 Å². The fourth-order valence-corrected chi connectivity index (χ4v) is 22.4. The van der Waals surface area contributed by atoms with Gasteiger partial charge in [0, 0.05) is 98.8 Å². The third-order valence-corrected chi connectivity index (χ3v) is 29.1. The van der Waals surface area contributed by atoms with Gasteiger partial charge in [0.25, 0.3) is 0 Å². The molecule has 6 aromatic heterocycles. The number of benzene rings is 23. The second-order valence-electron chi connectivity index (χ2n) is 37.4. The van der Waals surface area contributed by atoms with Crippen molar-refractivity contribution in [3.63, 3.8) is 0 Å². The zero-order valence-corrected chi connectivity index (χ0v) is 78.8. The van der Waals surface area contributed by atoms with Gasteiger partial charge < -0.3 is 27.4 Å². The van der Waals surface area contributed by atoms with Gasteiger partial charge in [0.2, 0.25) is 0 Å². The lowest BCUT2D eigenvalue weighted by molar-refractivity contribution is 1.18. The Morgan fingerprint density at radius 2 is 0.236 bits per heavy atom. The summed E-state index contributed by atoms with van der Waals surface area (Å²) in [5, 5.41) is 15.2. The van der Waals surface area contributed by atoms with E-state index in [2.05, 4.69) is 586 Å². The number of hydrogen-bond donors (Lipinski definition) is 0. The smallest absolute Gasteiger partial charge is 0.0541 e. The molecule has 0 fully saturated rings. The molecule has 0 amide bonds. The lowest BCUT2D eigenvalue weighted by Crippen LogP contribution is -1.96. The average molecular weight is 1830 g/mol. The van der Waals surface area contributed by atoms with Crippen molar-refractivity contribution in [3.05, 3.63) is 558 Å². The molecular weight excluding hydrogens is 1740 g/mol. The minimum Gasteiger partial charge on any atom is -0.309 e. The van der Waals surface area contributed by atoms with E-state index in [1.54, 1.807) is 0 Å². The van der Waals surface area contributed by atoms with Gasteiger partial charge in [0.05, 0.1) is 66.2 Å². The Balaban J connectivity index is 0.000000108. The molecule has 29 rings (SSSR count). The maximum atomic E-state index is 2.43. The first kappa shape index (κ1) is 84.2. The van der Waals surface area contributed by atoms with E-state index >= 15 is 0 Å². The van der Waals surface area contributed by atoms with Crippen molar-refractivity contribution >= 4 is 131 Å². The highest BCUT2D eigenvalue weighted by Crippen LogP contribution is 2.46. The predicted molar refractivity (Wildman–Crippen MR) is 609 cm³/mol. The molecule has 23 aromatic carbocycles. The van der Waals surface area contributed by atoms with E-state index in [0.717, 1.165) is 11.4 Å². The van der Waals surface area contributed by atoms with Crippen LogP contribution >= 0.6 is 0 Å². The van der Waals surface area contributed by atoms with Crippen molar-refractivity contribution in [2.75, 3.05) is 0 Å². The summed E-state index contributed by atoms with van der Waals surface area (Å²) >= 11 is 0. The van der Waals surface area contributed by atoms with Crippen LogP contribution in [0.3, 0.4) is 0 Å². The van der Waals surface area contributed by atoms with Crippen molar-refractivity contribution in [2.45, 2.75) is 0 Å². The van der Waals surface area contributed by atoms with Crippen LogP contribution < -0.4 is 0 Å². The van der Waals surface area contributed by atoms with Crippen molar-refractivity contribution in [3.8, 4) is 123 Å². The van der Waals surface area contributed by atoms with Gasteiger partial charge >= 0.3 is 0 Å². The Morgan fingerprint density at radius 1 is 0.0764 bits per heavy atom. The normalized spacial score (nSPS) is 11.6. The first-order valence-corrected chi connectivity index (χ1v) is 49.5. The van der Waals surface area contributed by atoms with Gasteiger partial charge in [-0.1, -0.05) is 376 Å². The molecule has 0 aliphatic rings. The van der Waals surface area contributed by atoms with Gasteiger partial charge in [-0.25, -0.2) is 0 Å². The SMILES string of the molecule is c1ccc(-c2cc(-c3ccccc3)cc(-n3c4ccccc4c4cc(-c5ccc(-n6c7ccccc7c7ccccc76)cc5)ccc43)c2)cc1.c1ccc(-c2cccc(-n3c4ccccc4c4cc(-c5ccc(-c6ccc7c(c6)c6ccccc6n7-c6ccccc6)cc5)ccc43)c2)cc1.c1ccc(-n2c3ccccc3c3cc(-c4ccc(-c5ccc6c(c5)c5ccccc5n6-c5ccccc5)cc4)ccc32)cc1. The highest BCUT2D eigenvalue weighted by molar-refractivity contribution is 6.16. The molecule has 674 valence electrons. The number of rotatable bonds is 14. The first-order valence-electron chi connectivity index (χ1n) is 49.5. The molecule has 6 heterocycles. The van der Waals surface area contributed by atoms with Gasteiger partial charge in [0.1, 0.15) is 0 Å². The van der Waals surface area contributed by atoms with Crippen LogP contribution in [0.2, 0.25) is 0 Å². The predicted octanol–water partition coefficient (Wildman–Crippen LogP) is 37.0. The summed E-state index contributed by atoms with van der Waals surface area (Å²) in [4.78, 5) is 0. The molecule has 0 bridgehead atoms. The van der Waals surface area contributed by atoms with Gasteiger partial charge in [-0.3, -0.25) is 0 Å². The van der Waals surface area contributed by atoms with E-state index in [0.29, 0.717) is 0 Å². The largest absolute Gasteiger partial charge is 0.309 e. The number of fused-ring (bicyclic) bond motifs is 18. The Kier molecular flexibility index (Phi) is 20.9. The quantitative estimate of drug-likeness (QED) is 0.104. The number of aromatic nitrogens is 6. The highest BCUT2D eigenvalue weighted by Gasteiger charge is 2.23. The van der Waals surface area contributed by atoms with Crippen LogP contribution in [0.15, 0.2) is 558 Å². The van der Waals surface area contributed by atoms with E-state index in [1.807, 2.05) is 0 Å².